The molecule has 0 bridgehead atoms. The number of nitrogens with one attached hydrogen (secondary N) is 1. The molecule has 0 radical (unpaired) electrons. The Morgan fingerprint density at radius 3 is 2.94 bits per heavy atom. The first-order valence-corrected chi connectivity index (χ1v) is 12.2. The maximum absolute atomic E-state index is 12.3. The van der Waals surface area contributed by atoms with Gasteiger partial charge in [-0.05, 0) is 48.2 Å². The second-order valence-corrected chi connectivity index (χ2v) is 9.37. The summed E-state index contributed by atoms with van der Waals surface area (Å²) >= 11 is 3.19. The van der Waals surface area contributed by atoms with Crippen molar-refractivity contribution in [3.05, 3.63) is 75.5 Å². The molecule has 34 heavy (non-hydrogen) atoms. The fourth-order valence-corrected chi connectivity index (χ4v) is 5.23. The predicted molar refractivity (Wildman–Crippen MR) is 132 cm³/mol. The van der Waals surface area contributed by atoms with Crippen molar-refractivity contribution in [1.29, 1.82) is 0 Å². The number of hydrogen-bond donors (Lipinski definition) is 1. The highest BCUT2D eigenvalue weighted by Gasteiger charge is 2.15. The number of nitrogens with zero attached hydrogens (tertiary/aromatic N) is 3. The van der Waals surface area contributed by atoms with E-state index in [-0.39, 0.29) is 31.3 Å². The SMILES string of the molecule is Cc1nc(-c2cccs2)sc1-c1ccc(=O)n(CCNC(=O)/C=C/c2ccc3c(c2)OCO3)n1. The predicted octanol–water partition coefficient (Wildman–Crippen LogP) is 3.96. The van der Waals surface area contributed by atoms with E-state index >= 15 is 0 Å². The highest BCUT2D eigenvalue weighted by atomic mass is 32.1. The Balaban J connectivity index is 1.22. The highest BCUT2D eigenvalue weighted by Crippen LogP contribution is 2.36. The summed E-state index contributed by atoms with van der Waals surface area (Å²) in [5, 5.41) is 10.2. The molecule has 3 aromatic heterocycles. The maximum Gasteiger partial charge on any atom is 0.266 e. The van der Waals surface area contributed by atoms with Gasteiger partial charge in [0, 0.05) is 18.7 Å². The van der Waals surface area contributed by atoms with Gasteiger partial charge in [-0.15, -0.1) is 22.7 Å². The Morgan fingerprint density at radius 1 is 1.21 bits per heavy atom. The average Bonchev–Trinajstić information content (AvgIpc) is 3.59. The summed E-state index contributed by atoms with van der Waals surface area (Å²) in [6.45, 7) is 2.66. The third-order valence-electron chi connectivity index (χ3n) is 5.07. The standard InChI is InChI=1S/C24H20N4O4S2/c1-15-23(34-24(26-15)20-3-2-12-33-20)17-6-9-22(30)28(27-17)11-10-25-21(29)8-5-16-4-7-18-19(13-16)32-14-31-18/h2-9,12-13H,10-11,14H2,1H3,(H,25,29)/b8-5+. The number of carbonyl (C=O) groups excluding carboxylic acids is 1. The lowest BCUT2D eigenvalue weighted by molar-refractivity contribution is -0.116. The Kier molecular flexibility index (Phi) is 6.24. The zero-order valence-corrected chi connectivity index (χ0v) is 19.8. The van der Waals surface area contributed by atoms with Gasteiger partial charge in [-0.2, -0.15) is 5.10 Å². The van der Waals surface area contributed by atoms with Crippen LogP contribution in [0.3, 0.4) is 0 Å². The Labute approximate surface area is 203 Å². The van der Waals surface area contributed by atoms with E-state index in [0.29, 0.717) is 17.2 Å². The van der Waals surface area contributed by atoms with Gasteiger partial charge in [0.1, 0.15) is 10.7 Å². The van der Waals surface area contributed by atoms with E-state index in [1.807, 2.05) is 36.6 Å². The van der Waals surface area contributed by atoms with Crippen molar-refractivity contribution < 1.29 is 14.3 Å². The summed E-state index contributed by atoms with van der Waals surface area (Å²) in [4.78, 5) is 31.2. The van der Waals surface area contributed by atoms with E-state index in [1.165, 1.54) is 16.8 Å². The van der Waals surface area contributed by atoms with Crippen molar-refractivity contribution in [2.24, 2.45) is 0 Å². The molecule has 4 aromatic rings. The number of thiophene rings is 1. The Morgan fingerprint density at radius 2 is 2.09 bits per heavy atom. The molecule has 0 atom stereocenters. The number of aromatic nitrogens is 3. The maximum atomic E-state index is 12.3. The smallest absolute Gasteiger partial charge is 0.266 e. The number of benzene rings is 1. The molecule has 1 amide bonds. The van der Waals surface area contributed by atoms with Crippen LogP contribution in [0, 0.1) is 6.92 Å². The number of rotatable bonds is 7. The van der Waals surface area contributed by atoms with Gasteiger partial charge < -0.3 is 14.8 Å². The molecule has 1 aliphatic rings. The van der Waals surface area contributed by atoms with E-state index < -0.39 is 0 Å². The molecule has 4 heterocycles. The topological polar surface area (TPSA) is 95.3 Å². The number of carbonyl (C=O) groups is 1. The number of hydrogen-bond acceptors (Lipinski definition) is 8. The Hall–Kier alpha value is -3.76. The molecular weight excluding hydrogens is 472 g/mol. The molecule has 0 unspecified atom stereocenters. The van der Waals surface area contributed by atoms with Crippen LogP contribution < -0.4 is 20.3 Å². The summed E-state index contributed by atoms with van der Waals surface area (Å²) in [6, 6.07) is 12.7. The molecule has 1 N–H and O–H groups in total. The number of fused-ring (bicyclic) bond motifs is 1. The van der Waals surface area contributed by atoms with Gasteiger partial charge in [-0.25, -0.2) is 9.67 Å². The van der Waals surface area contributed by atoms with E-state index in [1.54, 1.807) is 40.9 Å². The third kappa shape index (κ3) is 4.78. The van der Waals surface area contributed by atoms with E-state index in [9.17, 15) is 9.59 Å². The lowest BCUT2D eigenvalue weighted by Gasteiger charge is -2.07. The quantitative estimate of drug-likeness (QED) is 0.393. The molecule has 5 rings (SSSR count). The zero-order chi connectivity index (χ0) is 23.5. The fourth-order valence-electron chi connectivity index (χ4n) is 3.40. The van der Waals surface area contributed by atoms with Gasteiger partial charge in [-0.1, -0.05) is 12.1 Å². The number of thiazole rings is 1. The second-order valence-electron chi connectivity index (χ2n) is 7.43. The van der Waals surface area contributed by atoms with Gasteiger partial charge in [0.2, 0.25) is 12.7 Å². The van der Waals surface area contributed by atoms with Gasteiger partial charge in [0.05, 0.1) is 22.0 Å². The molecule has 1 aliphatic heterocycles. The number of amides is 1. The van der Waals surface area contributed by atoms with Crippen LogP contribution in [0.1, 0.15) is 11.3 Å². The Bertz CT molecular complexity index is 1420. The van der Waals surface area contributed by atoms with Crippen molar-refractivity contribution in [3.8, 4) is 32.0 Å². The number of aryl methyl sites for hydroxylation is 1. The van der Waals surface area contributed by atoms with E-state index in [4.69, 9.17) is 9.47 Å². The fraction of sp³-hybridized carbons (Fsp3) is 0.167. The first-order chi connectivity index (χ1) is 16.6. The minimum absolute atomic E-state index is 0.204. The van der Waals surface area contributed by atoms with Gasteiger partial charge in [-0.3, -0.25) is 9.59 Å². The normalized spacial score (nSPS) is 12.4. The van der Waals surface area contributed by atoms with Gasteiger partial charge in [0.15, 0.2) is 11.5 Å². The molecule has 0 aliphatic carbocycles. The molecule has 8 nitrogen and oxygen atoms in total. The van der Waals surface area contributed by atoms with Crippen molar-refractivity contribution >= 4 is 34.7 Å². The van der Waals surface area contributed by atoms with Crippen molar-refractivity contribution in [2.45, 2.75) is 13.5 Å². The molecular formula is C24H20N4O4S2. The summed E-state index contributed by atoms with van der Waals surface area (Å²) < 4.78 is 12.0. The summed E-state index contributed by atoms with van der Waals surface area (Å²) in [7, 11) is 0. The molecule has 0 saturated heterocycles. The summed E-state index contributed by atoms with van der Waals surface area (Å²) in [5.74, 6) is 1.09. The van der Waals surface area contributed by atoms with Crippen LogP contribution in [0.4, 0.5) is 0 Å². The first kappa shape index (κ1) is 22.1. The minimum atomic E-state index is -0.263. The third-order valence-corrected chi connectivity index (χ3v) is 7.29. The zero-order valence-electron chi connectivity index (χ0n) is 18.2. The van der Waals surface area contributed by atoms with Crippen LogP contribution >= 0.6 is 22.7 Å². The van der Waals surface area contributed by atoms with E-state index in [0.717, 1.165) is 26.0 Å². The first-order valence-electron chi connectivity index (χ1n) is 10.5. The van der Waals surface area contributed by atoms with Crippen molar-refractivity contribution in [1.82, 2.24) is 20.1 Å². The van der Waals surface area contributed by atoms with Crippen LogP contribution in [0.25, 0.3) is 26.5 Å². The van der Waals surface area contributed by atoms with Crippen molar-refractivity contribution in [2.75, 3.05) is 13.3 Å². The molecule has 172 valence electrons. The van der Waals surface area contributed by atoms with Gasteiger partial charge >= 0.3 is 0 Å². The molecule has 10 heteroatoms. The second kappa shape index (κ2) is 9.62. The van der Waals surface area contributed by atoms with Crippen LogP contribution in [0.15, 0.2) is 58.7 Å². The lowest BCUT2D eigenvalue weighted by Crippen LogP contribution is -2.31. The molecule has 0 saturated carbocycles. The van der Waals surface area contributed by atoms with Crippen molar-refractivity contribution in [3.63, 3.8) is 0 Å². The van der Waals surface area contributed by atoms with Crippen LogP contribution in [-0.4, -0.2) is 34.0 Å². The van der Waals surface area contributed by atoms with E-state index in [2.05, 4.69) is 15.4 Å². The van der Waals surface area contributed by atoms with Crippen LogP contribution in [-0.2, 0) is 11.3 Å². The molecule has 1 aromatic carbocycles. The average molecular weight is 493 g/mol. The minimum Gasteiger partial charge on any atom is -0.454 e. The monoisotopic (exact) mass is 492 g/mol. The summed E-state index contributed by atoms with van der Waals surface area (Å²) in [6.07, 6.45) is 3.14. The number of ether oxygens (including phenoxy) is 2. The molecule has 0 spiro atoms. The van der Waals surface area contributed by atoms with Crippen LogP contribution in [0.5, 0.6) is 11.5 Å². The summed E-state index contributed by atoms with van der Waals surface area (Å²) in [5.41, 5.74) is 2.15. The van der Waals surface area contributed by atoms with Crippen LogP contribution in [0.2, 0.25) is 0 Å². The highest BCUT2D eigenvalue weighted by molar-refractivity contribution is 7.23. The largest absolute Gasteiger partial charge is 0.454 e. The molecule has 0 fully saturated rings. The lowest BCUT2D eigenvalue weighted by atomic mass is 10.2. The van der Waals surface area contributed by atoms with Gasteiger partial charge in [0.25, 0.3) is 5.56 Å².